The maximum absolute atomic E-state index is 11.8. The lowest BCUT2D eigenvalue weighted by molar-refractivity contribution is 0.252. The van der Waals surface area contributed by atoms with Crippen molar-refractivity contribution < 1.29 is 4.79 Å². The molecule has 2 heterocycles. The molecule has 3 rings (SSSR count). The minimum Gasteiger partial charge on any atom is -0.361 e. The van der Waals surface area contributed by atoms with Crippen LogP contribution in [0.4, 0.5) is 9.80 Å². The lowest BCUT2D eigenvalue weighted by Gasteiger charge is -2.05. The monoisotopic (exact) mass is 314 g/mol. The standard InChI is InChI=1S/C16H18N4OS/c1-10-3-4-14-13(7-10)12(9-18-14)5-6-17-16(21)19-15-8-11(2)20-22-15/h3-4,7-9,18H,5-6H2,1-2H3,(H2,17,19,21). The van der Waals surface area contributed by atoms with Crippen LogP contribution in [-0.2, 0) is 6.42 Å². The first kappa shape index (κ1) is 14.6. The zero-order valence-electron chi connectivity index (χ0n) is 12.6. The summed E-state index contributed by atoms with van der Waals surface area (Å²) >= 11 is 1.29. The van der Waals surface area contributed by atoms with Gasteiger partial charge in [0.1, 0.15) is 5.00 Å². The van der Waals surface area contributed by atoms with Crippen LogP contribution in [0.3, 0.4) is 0 Å². The van der Waals surface area contributed by atoms with Crippen molar-refractivity contribution >= 4 is 33.5 Å². The molecule has 1 aromatic carbocycles. The van der Waals surface area contributed by atoms with Crippen molar-refractivity contribution in [3.8, 4) is 0 Å². The van der Waals surface area contributed by atoms with Crippen molar-refractivity contribution in [3.63, 3.8) is 0 Å². The Hall–Kier alpha value is -2.34. The fourth-order valence-electron chi connectivity index (χ4n) is 2.39. The number of hydrogen-bond acceptors (Lipinski definition) is 3. The van der Waals surface area contributed by atoms with E-state index in [1.54, 1.807) is 0 Å². The average Bonchev–Trinajstić information content (AvgIpc) is 3.05. The summed E-state index contributed by atoms with van der Waals surface area (Å²) in [4.78, 5) is 15.1. The Balaban J connectivity index is 1.55. The number of aromatic nitrogens is 2. The number of rotatable bonds is 4. The Morgan fingerprint density at radius 2 is 2.18 bits per heavy atom. The molecule has 3 aromatic rings. The number of fused-ring (bicyclic) bond motifs is 1. The van der Waals surface area contributed by atoms with Crippen molar-refractivity contribution in [2.45, 2.75) is 20.3 Å². The summed E-state index contributed by atoms with van der Waals surface area (Å²) in [5.74, 6) is 0. The number of carbonyl (C=O) groups is 1. The van der Waals surface area contributed by atoms with Crippen molar-refractivity contribution in [1.82, 2.24) is 14.7 Å². The van der Waals surface area contributed by atoms with E-state index >= 15 is 0 Å². The Morgan fingerprint density at radius 3 is 2.95 bits per heavy atom. The van der Waals surface area contributed by atoms with Gasteiger partial charge in [-0.15, -0.1) is 0 Å². The number of hydrogen-bond donors (Lipinski definition) is 3. The molecule has 0 aliphatic heterocycles. The fraction of sp³-hybridized carbons (Fsp3) is 0.250. The van der Waals surface area contributed by atoms with Crippen molar-refractivity contribution in [3.05, 3.63) is 47.3 Å². The van der Waals surface area contributed by atoms with Gasteiger partial charge in [-0.2, -0.15) is 4.37 Å². The number of benzene rings is 1. The molecule has 6 heteroatoms. The summed E-state index contributed by atoms with van der Waals surface area (Å²) in [5.41, 5.74) is 4.49. The molecule has 114 valence electrons. The molecule has 0 fully saturated rings. The molecular formula is C16H18N4OS. The molecule has 0 unspecified atom stereocenters. The second-order valence-corrected chi connectivity index (χ2v) is 6.13. The molecule has 2 aromatic heterocycles. The molecule has 22 heavy (non-hydrogen) atoms. The largest absolute Gasteiger partial charge is 0.361 e. The summed E-state index contributed by atoms with van der Waals surface area (Å²) in [7, 11) is 0. The van der Waals surface area contributed by atoms with Gasteiger partial charge in [0.05, 0.1) is 5.69 Å². The Kier molecular flexibility index (Phi) is 4.11. The van der Waals surface area contributed by atoms with Crippen LogP contribution in [0.1, 0.15) is 16.8 Å². The molecule has 0 saturated heterocycles. The number of anilines is 1. The van der Waals surface area contributed by atoms with Gasteiger partial charge in [0.2, 0.25) is 0 Å². The molecule has 5 nitrogen and oxygen atoms in total. The van der Waals surface area contributed by atoms with Crippen molar-refractivity contribution in [2.24, 2.45) is 0 Å². The zero-order valence-corrected chi connectivity index (χ0v) is 13.4. The molecule has 0 bridgehead atoms. The van der Waals surface area contributed by atoms with E-state index < -0.39 is 0 Å². The van der Waals surface area contributed by atoms with E-state index in [9.17, 15) is 4.79 Å². The third-order valence-corrected chi connectivity index (χ3v) is 4.26. The zero-order chi connectivity index (χ0) is 15.5. The first-order valence-corrected chi connectivity index (χ1v) is 7.94. The van der Waals surface area contributed by atoms with Gasteiger partial charge >= 0.3 is 6.03 Å². The van der Waals surface area contributed by atoms with Crippen LogP contribution >= 0.6 is 11.5 Å². The highest BCUT2D eigenvalue weighted by molar-refractivity contribution is 7.10. The van der Waals surface area contributed by atoms with E-state index in [-0.39, 0.29) is 6.03 Å². The second kappa shape index (κ2) is 6.19. The van der Waals surface area contributed by atoms with Gasteiger partial charge in [0.15, 0.2) is 0 Å². The number of aryl methyl sites for hydroxylation is 2. The van der Waals surface area contributed by atoms with Crippen molar-refractivity contribution in [2.75, 3.05) is 11.9 Å². The topological polar surface area (TPSA) is 69.8 Å². The van der Waals surface area contributed by atoms with E-state index in [4.69, 9.17) is 0 Å². The van der Waals surface area contributed by atoms with Gasteiger partial charge in [-0.05, 0) is 55.6 Å². The first-order chi connectivity index (χ1) is 10.6. The van der Waals surface area contributed by atoms with E-state index in [0.29, 0.717) is 6.54 Å². The highest BCUT2D eigenvalue weighted by atomic mass is 32.1. The predicted molar refractivity (Wildman–Crippen MR) is 90.6 cm³/mol. The minimum atomic E-state index is -0.195. The van der Waals surface area contributed by atoms with Crippen LogP contribution in [0, 0.1) is 13.8 Å². The van der Waals surface area contributed by atoms with Gasteiger partial charge < -0.3 is 10.3 Å². The highest BCUT2D eigenvalue weighted by Gasteiger charge is 2.06. The maximum atomic E-state index is 11.8. The number of nitrogens with zero attached hydrogens (tertiary/aromatic N) is 1. The van der Waals surface area contributed by atoms with Crippen LogP contribution in [-0.4, -0.2) is 21.9 Å². The Labute approximate surface area is 132 Å². The molecular weight excluding hydrogens is 296 g/mol. The summed E-state index contributed by atoms with van der Waals surface area (Å²) in [5, 5.41) is 7.64. The fourth-order valence-corrected chi connectivity index (χ4v) is 3.05. The number of amides is 2. The SMILES string of the molecule is Cc1ccc2[nH]cc(CCNC(=O)Nc3cc(C)ns3)c2c1. The van der Waals surface area contributed by atoms with Gasteiger partial charge in [-0.1, -0.05) is 11.6 Å². The van der Waals surface area contributed by atoms with E-state index in [2.05, 4.69) is 45.1 Å². The Bertz CT molecular complexity index is 805. The molecule has 0 spiro atoms. The Morgan fingerprint density at radius 1 is 1.32 bits per heavy atom. The lowest BCUT2D eigenvalue weighted by Crippen LogP contribution is -2.30. The normalized spacial score (nSPS) is 10.8. The van der Waals surface area contributed by atoms with Crippen LogP contribution in [0.25, 0.3) is 10.9 Å². The molecule has 0 atom stereocenters. The van der Waals surface area contributed by atoms with Gasteiger partial charge in [-0.25, -0.2) is 4.79 Å². The number of aromatic amines is 1. The van der Waals surface area contributed by atoms with Crippen LogP contribution in [0.15, 0.2) is 30.5 Å². The van der Waals surface area contributed by atoms with Crippen LogP contribution in [0.5, 0.6) is 0 Å². The van der Waals surface area contributed by atoms with Crippen molar-refractivity contribution in [1.29, 1.82) is 0 Å². The molecule has 3 N–H and O–H groups in total. The van der Waals surface area contributed by atoms with E-state index in [1.165, 1.54) is 28.0 Å². The number of nitrogens with one attached hydrogen (secondary N) is 3. The number of H-pyrrole nitrogens is 1. The molecule has 0 aliphatic carbocycles. The van der Waals surface area contributed by atoms with Gasteiger partial charge in [0.25, 0.3) is 0 Å². The predicted octanol–water partition coefficient (Wildman–Crippen LogP) is 3.61. The third-order valence-electron chi connectivity index (χ3n) is 3.47. The molecule has 0 saturated carbocycles. The average molecular weight is 314 g/mol. The first-order valence-electron chi connectivity index (χ1n) is 7.16. The third kappa shape index (κ3) is 3.28. The smallest absolute Gasteiger partial charge is 0.319 e. The highest BCUT2D eigenvalue weighted by Crippen LogP contribution is 2.20. The van der Waals surface area contributed by atoms with Gasteiger partial charge in [-0.3, -0.25) is 5.32 Å². The molecule has 0 radical (unpaired) electrons. The maximum Gasteiger partial charge on any atom is 0.319 e. The summed E-state index contributed by atoms with van der Waals surface area (Å²) < 4.78 is 4.13. The van der Waals surface area contributed by atoms with E-state index in [0.717, 1.165) is 22.6 Å². The van der Waals surface area contributed by atoms with Gasteiger partial charge in [0, 0.05) is 23.6 Å². The van der Waals surface area contributed by atoms with Crippen LogP contribution < -0.4 is 10.6 Å². The van der Waals surface area contributed by atoms with E-state index in [1.807, 2.05) is 19.2 Å². The number of urea groups is 1. The molecule has 0 aliphatic rings. The quantitative estimate of drug-likeness (QED) is 0.688. The lowest BCUT2D eigenvalue weighted by atomic mass is 10.1. The second-order valence-electron chi connectivity index (χ2n) is 5.33. The summed E-state index contributed by atoms with van der Waals surface area (Å²) in [6.07, 6.45) is 2.80. The summed E-state index contributed by atoms with van der Waals surface area (Å²) in [6, 6.07) is 8.00. The molecule has 2 amide bonds. The minimum absolute atomic E-state index is 0.195. The number of carbonyl (C=O) groups excluding carboxylic acids is 1. The van der Waals surface area contributed by atoms with Crippen LogP contribution in [0.2, 0.25) is 0 Å². The summed E-state index contributed by atoms with van der Waals surface area (Å²) in [6.45, 7) is 4.57.